The maximum atomic E-state index is 13.4. The molecule has 192 valence electrons. The van der Waals surface area contributed by atoms with Gasteiger partial charge in [0.05, 0.1) is 16.1 Å². The smallest absolute Gasteiger partial charge is 0.478 e. The van der Waals surface area contributed by atoms with E-state index in [1.165, 1.54) is 12.1 Å². The summed E-state index contributed by atoms with van der Waals surface area (Å²) in [4.78, 5) is 22.2. The maximum absolute atomic E-state index is 13.4. The molecule has 3 N–H and O–H groups in total. The van der Waals surface area contributed by atoms with E-state index in [1.54, 1.807) is 6.07 Å². The van der Waals surface area contributed by atoms with Crippen molar-refractivity contribution >= 4 is 33.3 Å². The summed E-state index contributed by atoms with van der Waals surface area (Å²) < 4.78 is 85.2. The first kappa shape index (κ1) is 27.8. The van der Waals surface area contributed by atoms with Crippen molar-refractivity contribution in [1.29, 1.82) is 0 Å². The number of nitrogens with one attached hydrogen (secondary N) is 1. The number of halogens is 5. The fourth-order valence-electron chi connectivity index (χ4n) is 3.22. The summed E-state index contributed by atoms with van der Waals surface area (Å²) in [6.45, 7) is 1.47. The molecule has 2 aromatic rings. The van der Waals surface area contributed by atoms with E-state index in [0.717, 1.165) is 50.9 Å². The molecule has 0 saturated carbocycles. The molecular weight excluding hydrogens is 503 g/mol. The topological polar surface area (TPSA) is 124 Å². The highest BCUT2D eigenvalue weighted by Crippen LogP contribution is 2.28. The molecule has 0 unspecified atom stereocenters. The lowest BCUT2D eigenvalue weighted by Crippen LogP contribution is -2.26. The first-order valence-corrected chi connectivity index (χ1v) is 11.6. The van der Waals surface area contributed by atoms with Crippen LogP contribution in [0.2, 0.25) is 0 Å². The highest BCUT2D eigenvalue weighted by Gasteiger charge is 2.38. The van der Waals surface area contributed by atoms with E-state index >= 15 is 0 Å². The number of benzene rings is 2. The van der Waals surface area contributed by atoms with E-state index in [1.807, 2.05) is 4.90 Å². The number of alkyl halides is 3. The van der Waals surface area contributed by atoms with E-state index in [2.05, 4.69) is 4.72 Å². The van der Waals surface area contributed by atoms with Gasteiger partial charge in [0.25, 0.3) is 10.0 Å². The van der Waals surface area contributed by atoms with Gasteiger partial charge in [0.2, 0.25) is 0 Å². The average Bonchev–Trinajstić information content (AvgIpc) is 3.04. The Bertz CT molecular complexity index is 1180. The van der Waals surface area contributed by atoms with Crippen LogP contribution in [0.3, 0.4) is 0 Å². The van der Waals surface area contributed by atoms with Gasteiger partial charge in [-0.15, -0.1) is 0 Å². The molecule has 1 saturated heterocycles. The molecule has 0 aliphatic carbocycles. The first-order chi connectivity index (χ1) is 16.2. The molecule has 0 aromatic heterocycles. The molecule has 35 heavy (non-hydrogen) atoms. The monoisotopic (exact) mass is 524 g/mol. The number of hydrogen-bond donors (Lipinski definition) is 3. The predicted octanol–water partition coefficient (Wildman–Crippen LogP) is 4.48. The normalized spacial score (nSPS) is 14.4. The Morgan fingerprint density at radius 1 is 0.886 bits per heavy atom. The number of carbonyl (C=O) groups is 2. The molecule has 8 nitrogen and oxygen atoms in total. The number of sulfonamides is 1. The molecule has 1 heterocycles. The van der Waals surface area contributed by atoms with Gasteiger partial charge >= 0.3 is 18.1 Å². The molecule has 1 aliphatic rings. The third-order valence-corrected chi connectivity index (χ3v) is 6.25. The second-order valence-electron chi connectivity index (χ2n) is 7.42. The van der Waals surface area contributed by atoms with Gasteiger partial charge in [-0.05, 0) is 49.2 Å². The van der Waals surface area contributed by atoms with Gasteiger partial charge in [-0.1, -0.05) is 12.8 Å². The molecule has 0 amide bonds. The maximum Gasteiger partial charge on any atom is 0.490 e. The lowest BCUT2D eigenvalue weighted by Gasteiger charge is -2.24. The number of hydrogen-bond acceptors (Lipinski definition) is 5. The largest absolute Gasteiger partial charge is 0.490 e. The van der Waals surface area contributed by atoms with Crippen LogP contribution in [0.1, 0.15) is 36.0 Å². The van der Waals surface area contributed by atoms with Crippen molar-refractivity contribution in [3.8, 4) is 0 Å². The van der Waals surface area contributed by atoms with E-state index in [-0.39, 0.29) is 11.3 Å². The van der Waals surface area contributed by atoms with Crippen molar-refractivity contribution in [2.75, 3.05) is 22.7 Å². The summed E-state index contributed by atoms with van der Waals surface area (Å²) in [5.74, 6) is -6.37. The minimum absolute atomic E-state index is 0.0209. The standard InChI is InChI=1S/C19H20F2N2O4S.C2HF3O2/c20-16-7-6-14(12-17(16)21)28(26,27)22-13-5-8-18(15(11-13)19(24)25)23-9-3-1-2-4-10-23;3-2(4,5)1(6)7/h5-8,11-12,22H,1-4,9-10H2,(H,24,25);(H,6,7). The number of aliphatic carboxylic acids is 1. The van der Waals surface area contributed by atoms with Gasteiger partial charge in [0.1, 0.15) is 0 Å². The zero-order valence-electron chi connectivity index (χ0n) is 18.0. The van der Waals surface area contributed by atoms with Crippen LogP contribution in [0, 0.1) is 11.6 Å². The summed E-state index contributed by atoms with van der Waals surface area (Å²) in [5, 5.41) is 16.7. The van der Waals surface area contributed by atoms with E-state index < -0.39 is 44.7 Å². The predicted molar refractivity (Wildman–Crippen MR) is 115 cm³/mol. The summed E-state index contributed by atoms with van der Waals surface area (Å²) in [6, 6.07) is 6.49. The van der Waals surface area contributed by atoms with Gasteiger partial charge in [-0.25, -0.2) is 26.8 Å². The minimum atomic E-state index is -5.08. The zero-order valence-corrected chi connectivity index (χ0v) is 18.8. The molecule has 0 bridgehead atoms. The van der Waals surface area contributed by atoms with Crippen molar-refractivity contribution < 1.29 is 50.2 Å². The Kier molecular flexibility index (Phi) is 9.01. The number of carboxylic acids is 2. The van der Waals surface area contributed by atoms with Crippen LogP contribution in [0.5, 0.6) is 0 Å². The Morgan fingerprint density at radius 3 is 1.94 bits per heavy atom. The molecule has 1 fully saturated rings. The SMILES string of the molecule is O=C(O)C(F)(F)F.O=C(O)c1cc(NS(=O)(=O)c2ccc(F)c(F)c2)ccc1N1CCCCCC1. The molecule has 0 spiro atoms. The highest BCUT2D eigenvalue weighted by molar-refractivity contribution is 7.92. The van der Waals surface area contributed by atoms with Crippen molar-refractivity contribution in [2.24, 2.45) is 0 Å². The van der Waals surface area contributed by atoms with Crippen LogP contribution in [-0.4, -0.2) is 49.8 Å². The fraction of sp³-hybridized carbons (Fsp3) is 0.333. The molecule has 0 radical (unpaired) electrons. The molecule has 1 aliphatic heterocycles. The second kappa shape index (κ2) is 11.3. The minimum Gasteiger partial charge on any atom is -0.478 e. The van der Waals surface area contributed by atoms with Gasteiger partial charge in [-0.3, -0.25) is 4.72 Å². The quantitative estimate of drug-likeness (QED) is 0.493. The average molecular weight is 524 g/mol. The summed E-state index contributed by atoms with van der Waals surface area (Å²) >= 11 is 0. The van der Waals surface area contributed by atoms with Crippen LogP contribution in [0.25, 0.3) is 0 Å². The Labute approximate surface area is 197 Å². The van der Waals surface area contributed by atoms with Gasteiger partial charge < -0.3 is 15.1 Å². The van der Waals surface area contributed by atoms with Crippen molar-refractivity contribution in [2.45, 2.75) is 36.8 Å². The van der Waals surface area contributed by atoms with Crippen molar-refractivity contribution in [3.63, 3.8) is 0 Å². The van der Waals surface area contributed by atoms with Crippen LogP contribution < -0.4 is 9.62 Å². The van der Waals surface area contributed by atoms with Crippen LogP contribution in [0.4, 0.5) is 33.3 Å². The number of rotatable bonds is 5. The third-order valence-electron chi connectivity index (χ3n) is 4.87. The summed E-state index contributed by atoms with van der Waals surface area (Å²) in [6.07, 6.45) is -0.983. The lowest BCUT2D eigenvalue weighted by atomic mass is 10.1. The first-order valence-electron chi connectivity index (χ1n) is 10.1. The van der Waals surface area contributed by atoms with Crippen LogP contribution >= 0.6 is 0 Å². The molecule has 3 rings (SSSR count). The Morgan fingerprint density at radius 2 is 1.46 bits per heavy atom. The van der Waals surface area contributed by atoms with E-state index in [4.69, 9.17) is 9.90 Å². The molecular formula is C21H21F5N2O6S. The number of aromatic carboxylic acids is 1. The van der Waals surface area contributed by atoms with E-state index in [0.29, 0.717) is 11.8 Å². The fourth-order valence-corrected chi connectivity index (χ4v) is 4.28. The summed E-state index contributed by atoms with van der Waals surface area (Å²) in [5.41, 5.74) is 0.540. The van der Waals surface area contributed by atoms with Crippen molar-refractivity contribution in [3.05, 3.63) is 53.6 Å². The van der Waals surface area contributed by atoms with Crippen LogP contribution in [-0.2, 0) is 14.8 Å². The molecule has 0 atom stereocenters. The Hall–Kier alpha value is -3.42. The number of anilines is 2. The van der Waals surface area contributed by atoms with Crippen molar-refractivity contribution in [1.82, 2.24) is 0 Å². The molecule has 2 aromatic carbocycles. The molecule has 14 heteroatoms. The van der Waals surface area contributed by atoms with Gasteiger partial charge in [0, 0.05) is 18.8 Å². The van der Waals surface area contributed by atoms with Gasteiger partial charge in [0.15, 0.2) is 11.6 Å². The van der Waals surface area contributed by atoms with Gasteiger partial charge in [-0.2, -0.15) is 13.2 Å². The van der Waals surface area contributed by atoms with E-state index in [9.17, 15) is 40.3 Å². The lowest BCUT2D eigenvalue weighted by molar-refractivity contribution is -0.192. The Balaban J connectivity index is 0.000000540. The second-order valence-corrected chi connectivity index (χ2v) is 9.11. The third kappa shape index (κ3) is 7.80. The summed E-state index contributed by atoms with van der Waals surface area (Å²) in [7, 11) is -4.20. The highest BCUT2D eigenvalue weighted by atomic mass is 32.2. The number of nitrogens with zero attached hydrogens (tertiary/aromatic N) is 1. The van der Waals surface area contributed by atoms with Crippen LogP contribution in [0.15, 0.2) is 41.3 Å². The number of carboxylic acid groups (broad SMARTS) is 2. The zero-order chi connectivity index (χ0) is 26.4.